The van der Waals surface area contributed by atoms with Crippen molar-refractivity contribution in [2.75, 3.05) is 29.5 Å². The highest BCUT2D eigenvalue weighted by atomic mass is 32.2. The minimum atomic E-state index is -0.604. The Hall–Kier alpha value is -0.870. The first-order valence-electron chi connectivity index (χ1n) is 7.15. The summed E-state index contributed by atoms with van der Waals surface area (Å²) in [7, 11) is -0.604. The molecule has 3 nitrogen and oxygen atoms in total. The number of nitrogens with one attached hydrogen (secondary N) is 1. The van der Waals surface area contributed by atoms with E-state index in [4.69, 9.17) is 0 Å². The Morgan fingerprint density at radius 3 is 2.74 bits per heavy atom. The van der Waals surface area contributed by atoms with E-state index in [1.54, 1.807) is 0 Å². The number of hydrogen-bond acceptors (Lipinski definition) is 3. The van der Waals surface area contributed by atoms with E-state index < -0.39 is 10.8 Å². The van der Waals surface area contributed by atoms with Crippen molar-refractivity contribution in [3.8, 4) is 0 Å². The van der Waals surface area contributed by atoms with E-state index in [2.05, 4.69) is 35.3 Å². The highest BCUT2D eigenvalue weighted by molar-refractivity contribution is 7.85. The maximum atomic E-state index is 11.5. The molecular weight excluding hydrogens is 256 g/mol. The van der Waals surface area contributed by atoms with Crippen LogP contribution >= 0.6 is 0 Å². The van der Waals surface area contributed by atoms with Gasteiger partial charge in [-0.3, -0.25) is 4.21 Å². The molecular formula is C15H22N2OS. The quantitative estimate of drug-likeness (QED) is 0.912. The second-order valence-corrected chi connectivity index (χ2v) is 7.32. The van der Waals surface area contributed by atoms with Crippen molar-refractivity contribution in [3.63, 3.8) is 0 Å². The monoisotopic (exact) mass is 278 g/mol. The van der Waals surface area contributed by atoms with Crippen LogP contribution in [0.1, 0.15) is 24.0 Å². The molecule has 1 N–H and O–H groups in total. The van der Waals surface area contributed by atoms with Gasteiger partial charge in [0.1, 0.15) is 0 Å². The van der Waals surface area contributed by atoms with E-state index >= 15 is 0 Å². The Morgan fingerprint density at radius 2 is 2.05 bits per heavy atom. The molecule has 3 rings (SSSR count). The predicted molar refractivity (Wildman–Crippen MR) is 81.1 cm³/mol. The first-order chi connectivity index (χ1) is 9.22. The number of nitrogens with zero attached hydrogens (tertiary/aromatic N) is 1. The van der Waals surface area contributed by atoms with Gasteiger partial charge in [-0.1, -0.05) is 17.7 Å². The Balaban J connectivity index is 1.76. The minimum absolute atomic E-state index is 0.604. The van der Waals surface area contributed by atoms with Gasteiger partial charge in [0.15, 0.2) is 0 Å². The third-order valence-corrected chi connectivity index (χ3v) is 5.19. The Bertz CT molecular complexity index is 475. The highest BCUT2D eigenvalue weighted by Crippen LogP contribution is 2.25. The molecule has 1 heterocycles. The Labute approximate surface area is 117 Å². The number of aryl methyl sites for hydroxylation is 1. The molecule has 0 spiro atoms. The third kappa shape index (κ3) is 3.37. The minimum Gasteiger partial charge on any atom is -0.369 e. The fourth-order valence-electron chi connectivity index (χ4n) is 2.58. The lowest BCUT2D eigenvalue weighted by Crippen LogP contribution is -2.38. The summed E-state index contributed by atoms with van der Waals surface area (Å²) in [5.74, 6) is 1.62. The summed E-state index contributed by atoms with van der Waals surface area (Å²) in [6, 6.07) is 7.44. The van der Waals surface area contributed by atoms with E-state index in [-0.39, 0.29) is 0 Å². The summed E-state index contributed by atoms with van der Waals surface area (Å²) in [4.78, 5) is 2.39. The van der Waals surface area contributed by atoms with Crippen LogP contribution in [-0.4, -0.2) is 34.8 Å². The van der Waals surface area contributed by atoms with Crippen molar-refractivity contribution in [1.82, 2.24) is 5.32 Å². The average molecular weight is 278 g/mol. The fraction of sp³-hybridized carbons (Fsp3) is 0.600. The summed E-state index contributed by atoms with van der Waals surface area (Å²) >= 11 is 0. The number of rotatable bonds is 4. The van der Waals surface area contributed by atoms with E-state index in [0.717, 1.165) is 37.2 Å². The van der Waals surface area contributed by atoms with Gasteiger partial charge in [0, 0.05) is 53.7 Å². The van der Waals surface area contributed by atoms with Crippen molar-refractivity contribution < 1.29 is 4.21 Å². The normalized spacial score (nSPS) is 20.8. The summed E-state index contributed by atoms with van der Waals surface area (Å²) in [5.41, 5.74) is 4.03. The first-order valence-corrected chi connectivity index (χ1v) is 8.64. The van der Waals surface area contributed by atoms with Crippen LogP contribution in [-0.2, 0) is 17.3 Å². The molecule has 0 radical (unpaired) electrons. The van der Waals surface area contributed by atoms with Crippen molar-refractivity contribution in [2.24, 2.45) is 0 Å². The summed E-state index contributed by atoms with van der Waals surface area (Å²) < 4.78 is 11.5. The van der Waals surface area contributed by atoms with Crippen LogP contribution in [0.4, 0.5) is 5.69 Å². The molecule has 0 atom stereocenters. The number of anilines is 1. The van der Waals surface area contributed by atoms with Gasteiger partial charge in [0.25, 0.3) is 0 Å². The zero-order valence-corrected chi connectivity index (χ0v) is 12.3. The van der Waals surface area contributed by atoms with Crippen LogP contribution in [0.15, 0.2) is 18.2 Å². The van der Waals surface area contributed by atoms with Crippen molar-refractivity contribution in [2.45, 2.75) is 32.4 Å². The zero-order chi connectivity index (χ0) is 13.2. The highest BCUT2D eigenvalue weighted by Gasteiger charge is 2.22. The summed E-state index contributed by atoms with van der Waals surface area (Å²) in [6.07, 6.45) is 2.65. The molecule has 0 unspecified atom stereocenters. The molecule has 2 fully saturated rings. The topological polar surface area (TPSA) is 32.3 Å². The summed E-state index contributed by atoms with van der Waals surface area (Å²) in [5, 5.41) is 3.60. The third-order valence-electron chi connectivity index (χ3n) is 3.91. The van der Waals surface area contributed by atoms with E-state index in [9.17, 15) is 4.21 Å². The van der Waals surface area contributed by atoms with Crippen LogP contribution in [0, 0.1) is 6.92 Å². The van der Waals surface area contributed by atoms with Crippen molar-refractivity contribution in [1.29, 1.82) is 0 Å². The molecule has 0 aromatic heterocycles. The molecule has 1 aromatic rings. The maximum Gasteiger partial charge on any atom is 0.0412 e. The largest absolute Gasteiger partial charge is 0.369 e. The smallest absolute Gasteiger partial charge is 0.0412 e. The van der Waals surface area contributed by atoms with Gasteiger partial charge < -0.3 is 10.2 Å². The van der Waals surface area contributed by atoms with Gasteiger partial charge in [-0.05, 0) is 31.4 Å². The van der Waals surface area contributed by atoms with Crippen molar-refractivity contribution in [3.05, 3.63) is 29.3 Å². The van der Waals surface area contributed by atoms with Crippen molar-refractivity contribution >= 4 is 16.5 Å². The molecule has 4 heteroatoms. The average Bonchev–Trinajstić information content (AvgIpc) is 3.22. The van der Waals surface area contributed by atoms with Crippen LogP contribution < -0.4 is 10.2 Å². The lowest BCUT2D eigenvalue weighted by molar-refractivity contribution is 0.669. The lowest BCUT2D eigenvalue weighted by Gasteiger charge is -2.30. The first kappa shape index (κ1) is 13.1. The molecule has 1 aliphatic carbocycles. The SMILES string of the molecule is Cc1ccc(N2CCS(=O)CC2)c(CNC2CC2)c1. The van der Waals surface area contributed by atoms with Gasteiger partial charge in [-0.2, -0.15) is 0 Å². The lowest BCUT2D eigenvalue weighted by atomic mass is 10.1. The van der Waals surface area contributed by atoms with Gasteiger partial charge in [0.2, 0.25) is 0 Å². The molecule has 104 valence electrons. The Morgan fingerprint density at radius 1 is 1.32 bits per heavy atom. The van der Waals surface area contributed by atoms with Crippen LogP contribution in [0.25, 0.3) is 0 Å². The molecule has 19 heavy (non-hydrogen) atoms. The second-order valence-electron chi connectivity index (χ2n) is 5.62. The standard InChI is InChI=1S/C15H22N2OS/c1-12-2-5-15(17-6-8-19(18)9-7-17)13(10-12)11-16-14-3-4-14/h2,5,10,14,16H,3-4,6-9,11H2,1H3. The van der Waals surface area contributed by atoms with E-state index in [1.807, 2.05) is 0 Å². The molecule has 1 aromatic carbocycles. The maximum absolute atomic E-state index is 11.5. The van der Waals surface area contributed by atoms with Gasteiger partial charge in [0.05, 0.1) is 0 Å². The second kappa shape index (κ2) is 5.63. The molecule has 0 bridgehead atoms. The van der Waals surface area contributed by atoms with Crippen LogP contribution in [0.3, 0.4) is 0 Å². The number of benzene rings is 1. The zero-order valence-electron chi connectivity index (χ0n) is 11.5. The van der Waals surface area contributed by atoms with E-state index in [0.29, 0.717) is 0 Å². The molecule has 1 saturated carbocycles. The fourth-order valence-corrected chi connectivity index (χ4v) is 3.64. The Kier molecular flexibility index (Phi) is 3.89. The molecule has 1 saturated heterocycles. The number of hydrogen-bond donors (Lipinski definition) is 1. The molecule has 0 amide bonds. The van der Waals surface area contributed by atoms with Gasteiger partial charge in [-0.15, -0.1) is 0 Å². The van der Waals surface area contributed by atoms with E-state index in [1.165, 1.54) is 29.7 Å². The van der Waals surface area contributed by atoms with Crippen LogP contribution in [0.5, 0.6) is 0 Å². The van der Waals surface area contributed by atoms with Gasteiger partial charge in [-0.25, -0.2) is 0 Å². The summed E-state index contributed by atoms with van der Waals surface area (Å²) in [6.45, 7) is 4.95. The molecule has 2 aliphatic rings. The van der Waals surface area contributed by atoms with Gasteiger partial charge >= 0.3 is 0 Å². The predicted octanol–water partition coefficient (Wildman–Crippen LogP) is 1.82. The molecule has 1 aliphatic heterocycles. The van der Waals surface area contributed by atoms with Crippen LogP contribution in [0.2, 0.25) is 0 Å².